The molecule has 1 N–H and O–H groups in total. The van der Waals surface area contributed by atoms with Gasteiger partial charge in [-0.3, -0.25) is 0 Å². The van der Waals surface area contributed by atoms with Gasteiger partial charge in [-0.1, -0.05) is 13.8 Å². The van der Waals surface area contributed by atoms with E-state index in [4.69, 9.17) is 11.6 Å². The molecule has 0 radical (unpaired) electrons. The van der Waals surface area contributed by atoms with Gasteiger partial charge in [0.1, 0.15) is 5.82 Å². The van der Waals surface area contributed by atoms with E-state index in [1.807, 2.05) is 13.8 Å². The Morgan fingerprint density at radius 3 is 2.44 bits per heavy atom. The third kappa shape index (κ3) is 3.24. The Bertz CT molecular complexity index is 468. The molecule has 0 amide bonds. The summed E-state index contributed by atoms with van der Waals surface area (Å²) >= 11 is 5.72. The minimum Gasteiger partial charge on any atom is -0.332 e. The SMILES string of the molecule is CCC(CC)N(CCCl)S(=O)(=O)c1cnc(C)[nH]1. The summed E-state index contributed by atoms with van der Waals surface area (Å²) in [5.74, 6) is 0.868. The molecule has 0 aliphatic carbocycles. The monoisotopic (exact) mass is 293 g/mol. The molecular formula is C11H20ClN3O2S. The first kappa shape index (κ1) is 15.5. The van der Waals surface area contributed by atoms with E-state index in [1.165, 1.54) is 10.5 Å². The Morgan fingerprint density at radius 2 is 2.06 bits per heavy atom. The van der Waals surface area contributed by atoms with Crippen LogP contribution in [0.25, 0.3) is 0 Å². The predicted octanol–water partition coefficient (Wildman–Crippen LogP) is 2.14. The molecule has 0 fully saturated rings. The number of rotatable bonds is 7. The molecule has 0 saturated heterocycles. The number of H-pyrrole nitrogens is 1. The molecule has 0 saturated carbocycles. The van der Waals surface area contributed by atoms with Crippen molar-refractivity contribution in [3.05, 3.63) is 12.0 Å². The fraction of sp³-hybridized carbons (Fsp3) is 0.727. The molecule has 0 atom stereocenters. The number of sulfonamides is 1. The zero-order valence-electron chi connectivity index (χ0n) is 11.0. The van der Waals surface area contributed by atoms with Gasteiger partial charge >= 0.3 is 0 Å². The second-order valence-electron chi connectivity index (χ2n) is 4.11. The summed E-state index contributed by atoms with van der Waals surface area (Å²) in [6.45, 7) is 5.99. The normalized spacial score (nSPS) is 12.6. The van der Waals surface area contributed by atoms with E-state index >= 15 is 0 Å². The van der Waals surface area contributed by atoms with Crippen LogP contribution in [0, 0.1) is 6.92 Å². The number of hydrogen-bond acceptors (Lipinski definition) is 3. The third-order valence-electron chi connectivity index (χ3n) is 2.92. The van der Waals surface area contributed by atoms with Gasteiger partial charge in [-0.15, -0.1) is 11.6 Å². The van der Waals surface area contributed by atoms with E-state index in [0.29, 0.717) is 12.4 Å². The van der Waals surface area contributed by atoms with Gasteiger partial charge in [0.2, 0.25) is 0 Å². The minimum absolute atomic E-state index is 0.0302. The van der Waals surface area contributed by atoms with E-state index in [-0.39, 0.29) is 16.9 Å². The average molecular weight is 294 g/mol. The van der Waals surface area contributed by atoms with E-state index in [9.17, 15) is 8.42 Å². The van der Waals surface area contributed by atoms with Crippen LogP contribution in [0.1, 0.15) is 32.5 Å². The van der Waals surface area contributed by atoms with E-state index in [2.05, 4.69) is 9.97 Å². The van der Waals surface area contributed by atoms with E-state index in [1.54, 1.807) is 6.92 Å². The molecule has 1 heterocycles. The van der Waals surface area contributed by atoms with Crippen molar-refractivity contribution in [2.24, 2.45) is 0 Å². The molecule has 0 aliphatic rings. The first-order chi connectivity index (χ1) is 8.47. The van der Waals surface area contributed by atoms with Crippen molar-refractivity contribution in [3.63, 3.8) is 0 Å². The Morgan fingerprint density at radius 1 is 1.44 bits per heavy atom. The molecule has 0 unspecified atom stereocenters. The highest BCUT2D eigenvalue weighted by Gasteiger charge is 2.30. The molecule has 104 valence electrons. The van der Waals surface area contributed by atoms with Crippen molar-refractivity contribution in [2.75, 3.05) is 12.4 Å². The van der Waals surface area contributed by atoms with Crippen LogP contribution in [0.3, 0.4) is 0 Å². The van der Waals surface area contributed by atoms with Crippen LogP contribution < -0.4 is 0 Å². The largest absolute Gasteiger partial charge is 0.332 e. The lowest BCUT2D eigenvalue weighted by Crippen LogP contribution is -2.41. The first-order valence-corrected chi connectivity index (χ1v) is 8.04. The van der Waals surface area contributed by atoms with Gasteiger partial charge in [0.15, 0.2) is 5.03 Å². The quantitative estimate of drug-likeness (QED) is 0.783. The third-order valence-corrected chi connectivity index (χ3v) is 4.95. The Labute approximate surface area is 114 Å². The van der Waals surface area contributed by atoms with Crippen molar-refractivity contribution in [1.82, 2.24) is 14.3 Å². The second kappa shape index (κ2) is 6.54. The van der Waals surface area contributed by atoms with Crippen LogP contribution >= 0.6 is 11.6 Å². The van der Waals surface area contributed by atoms with Gasteiger partial charge in [-0.05, 0) is 19.8 Å². The number of aromatic nitrogens is 2. The van der Waals surface area contributed by atoms with Crippen molar-refractivity contribution in [1.29, 1.82) is 0 Å². The van der Waals surface area contributed by atoms with E-state index < -0.39 is 10.0 Å². The molecular weight excluding hydrogens is 274 g/mol. The summed E-state index contributed by atoms with van der Waals surface area (Å²) < 4.78 is 26.4. The van der Waals surface area contributed by atoms with Crippen LogP contribution in [0.15, 0.2) is 11.2 Å². The zero-order chi connectivity index (χ0) is 13.8. The number of halogens is 1. The Balaban J connectivity index is 3.11. The molecule has 1 rings (SSSR count). The molecule has 18 heavy (non-hydrogen) atoms. The fourth-order valence-corrected chi connectivity index (χ4v) is 3.95. The standard InChI is InChI=1S/C11H20ClN3O2S/c1-4-10(5-2)15(7-6-12)18(16,17)11-8-13-9(3)14-11/h8,10H,4-7H2,1-3H3,(H,13,14). The number of alkyl halides is 1. The second-order valence-corrected chi connectivity index (χ2v) is 6.34. The Kier molecular flexibility index (Phi) is 5.62. The highest BCUT2D eigenvalue weighted by Crippen LogP contribution is 2.20. The summed E-state index contributed by atoms with van der Waals surface area (Å²) in [5, 5.41) is 0.136. The van der Waals surface area contributed by atoms with Gasteiger partial charge in [0.05, 0.1) is 6.20 Å². The Hall–Kier alpha value is -0.590. The minimum atomic E-state index is -3.53. The summed E-state index contributed by atoms with van der Waals surface area (Å²) in [5.41, 5.74) is 0. The number of aryl methyl sites for hydroxylation is 1. The molecule has 1 aromatic rings. The van der Waals surface area contributed by atoms with Gasteiger partial charge < -0.3 is 4.98 Å². The predicted molar refractivity (Wildman–Crippen MR) is 72.3 cm³/mol. The first-order valence-electron chi connectivity index (χ1n) is 6.06. The lowest BCUT2D eigenvalue weighted by atomic mass is 10.2. The molecule has 0 aromatic carbocycles. The van der Waals surface area contributed by atoms with Crippen LogP contribution in [0.4, 0.5) is 0 Å². The van der Waals surface area contributed by atoms with Crippen molar-refractivity contribution >= 4 is 21.6 Å². The van der Waals surface area contributed by atoms with Gasteiger partial charge in [0, 0.05) is 18.5 Å². The zero-order valence-corrected chi connectivity index (χ0v) is 12.6. The fourth-order valence-electron chi connectivity index (χ4n) is 1.93. The maximum absolute atomic E-state index is 12.5. The van der Waals surface area contributed by atoms with Crippen LogP contribution in [-0.4, -0.2) is 41.2 Å². The topological polar surface area (TPSA) is 66.1 Å². The molecule has 5 nitrogen and oxygen atoms in total. The molecule has 0 bridgehead atoms. The van der Waals surface area contributed by atoms with Crippen LogP contribution in [0.5, 0.6) is 0 Å². The number of aromatic amines is 1. The van der Waals surface area contributed by atoms with Gasteiger partial charge in [-0.2, -0.15) is 4.31 Å². The lowest BCUT2D eigenvalue weighted by Gasteiger charge is -2.28. The van der Waals surface area contributed by atoms with Crippen molar-refractivity contribution in [3.8, 4) is 0 Å². The summed E-state index contributed by atoms with van der Waals surface area (Å²) in [7, 11) is -3.53. The molecule has 0 spiro atoms. The summed E-state index contributed by atoms with van der Waals surface area (Å²) in [6, 6.07) is -0.0302. The molecule has 1 aromatic heterocycles. The maximum atomic E-state index is 12.5. The highest BCUT2D eigenvalue weighted by molar-refractivity contribution is 7.89. The van der Waals surface area contributed by atoms with Gasteiger partial charge in [0.25, 0.3) is 10.0 Å². The molecule has 0 aliphatic heterocycles. The summed E-state index contributed by atoms with van der Waals surface area (Å²) in [4.78, 5) is 6.72. The summed E-state index contributed by atoms with van der Waals surface area (Å²) in [6.07, 6.45) is 2.88. The lowest BCUT2D eigenvalue weighted by molar-refractivity contribution is 0.315. The van der Waals surface area contributed by atoms with E-state index in [0.717, 1.165) is 12.8 Å². The number of hydrogen-bond donors (Lipinski definition) is 1. The molecule has 7 heteroatoms. The highest BCUT2D eigenvalue weighted by atomic mass is 35.5. The average Bonchev–Trinajstić information content (AvgIpc) is 2.77. The smallest absolute Gasteiger partial charge is 0.260 e. The van der Waals surface area contributed by atoms with Crippen molar-refractivity contribution in [2.45, 2.75) is 44.7 Å². The number of nitrogens with zero attached hydrogens (tertiary/aromatic N) is 2. The maximum Gasteiger partial charge on any atom is 0.260 e. The number of imidazole rings is 1. The van der Waals surface area contributed by atoms with Crippen LogP contribution in [-0.2, 0) is 10.0 Å². The van der Waals surface area contributed by atoms with Crippen molar-refractivity contribution < 1.29 is 8.42 Å². The van der Waals surface area contributed by atoms with Gasteiger partial charge in [-0.25, -0.2) is 13.4 Å². The van der Waals surface area contributed by atoms with Crippen LogP contribution in [0.2, 0.25) is 0 Å². The number of nitrogens with one attached hydrogen (secondary N) is 1.